The first-order valence-corrected chi connectivity index (χ1v) is 8.68. The molecule has 0 unspecified atom stereocenters. The van der Waals surface area contributed by atoms with E-state index in [0.29, 0.717) is 0 Å². The number of ether oxygens (including phenoxy) is 2. The van der Waals surface area contributed by atoms with Crippen LogP contribution in [0.5, 0.6) is 11.5 Å². The van der Waals surface area contributed by atoms with Gasteiger partial charge in [-0.3, -0.25) is 9.80 Å². The predicted octanol–water partition coefficient (Wildman–Crippen LogP) is 3.45. The van der Waals surface area contributed by atoms with Crippen molar-refractivity contribution >= 4 is 30.5 Å². The normalized spacial score (nSPS) is 14.7. The van der Waals surface area contributed by atoms with E-state index >= 15 is 0 Å². The van der Waals surface area contributed by atoms with Crippen molar-refractivity contribution in [2.24, 2.45) is 0 Å². The highest BCUT2D eigenvalue weighted by Gasteiger charge is 2.18. The Kier molecular flexibility index (Phi) is 9.74. The van der Waals surface area contributed by atoms with Crippen molar-refractivity contribution in [3.63, 3.8) is 0 Å². The van der Waals surface area contributed by atoms with Crippen molar-refractivity contribution in [1.29, 1.82) is 0 Å². The number of nitrogens with zero attached hydrogens (tertiary/aromatic N) is 2. The van der Waals surface area contributed by atoms with Crippen LogP contribution >= 0.6 is 24.8 Å². The second-order valence-corrected chi connectivity index (χ2v) is 6.48. The Morgan fingerprint density at radius 1 is 0.852 bits per heavy atom. The average Bonchev–Trinajstić information content (AvgIpc) is 2.63. The topological polar surface area (TPSA) is 51.0 Å². The summed E-state index contributed by atoms with van der Waals surface area (Å²) in [6, 6.07) is 14.1. The zero-order valence-corrected chi connectivity index (χ0v) is 17.5. The van der Waals surface area contributed by atoms with Crippen LogP contribution in [-0.4, -0.2) is 50.2 Å². The fourth-order valence-electron chi connectivity index (χ4n) is 3.30. The highest BCUT2D eigenvalue weighted by atomic mass is 35.5. The molecule has 2 aromatic rings. The van der Waals surface area contributed by atoms with E-state index in [4.69, 9.17) is 15.2 Å². The van der Waals surface area contributed by atoms with Gasteiger partial charge in [0.1, 0.15) is 11.5 Å². The third-order valence-corrected chi connectivity index (χ3v) is 4.70. The largest absolute Gasteiger partial charge is 0.497 e. The lowest BCUT2D eigenvalue weighted by Gasteiger charge is -2.35. The second-order valence-electron chi connectivity index (χ2n) is 6.48. The summed E-state index contributed by atoms with van der Waals surface area (Å²) in [6.45, 7) is 6.04. The van der Waals surface area contributed by atoms with E-state index in [0.717, 1.165) is 56.5 Å². The Bertz CT molecular complexity index is 707. The van der Waals surface area contributed by atoms with Crippen LogP contribution in [0.25, 0.3) is 0 Å². The maximum Gasteiger partial charge on any atom is 0.123 e. The highest BCUT2D eigenvalue weighted by molar-refractivity contribution is 5.85. The van der Waals surface area contributed by atoms with E-state index < -0.39 is 0 Å². The van der Waals surface area contributed by atoms with Gasteiger partial charge >= 0.3 is 0 Å². The van der Waals surface area contributed by atoms with Crippen molar-refractivity contribution in [2.45, 2.75) is 13.1 Å². The van der Waals surface area contributed by atoms with Crippen LogP contribution < -0.4 is 15.2 Å². The van der Waals surface area contributed by atoms with Gasteiger partial charge in [-0.1, -0.05) is 12.1 Å². The lowest BCUT2D eigenvalue weighted by atomic mass is 10.1. The molecule has 2 N–H and O–H groups in total. The monoisotopic (exact) mass is 413 g/mol. The number of anilines is 1. The summed E-state index contributed by atoms with van der Waals surface area (Å²) in [5, 5.41) is 0. The Balaban J connectivity index is 0.00000182. The molecule has 1 aliphatic heterocycles. The van der Waals surface area contributed by atoms with Crippen molar-refractivity contribution in [1.82, 2.24) is 9.80 Å². The SMILES string of the molecule is COc1ccc(OC)c(CN2CCN(Cc3cccc(N)c3)CC2)c1.Cl.Cl. The molecular weight excluding hydrogens is 385 g/mol. The van der Waals surface area contributed by atoms with Crippen LogP contribution in [0.2, 0.25) is 0 Å². The molecule has 0 atom stereocenters. The van der Waals surface area contributed by atoms with Gasteiger partial charge in [-0.25, -0.2) is 0 Å². The minimum absolute atomic E-state index is 0. The fourth-order valence-corrected chi connectivity index (χ4v) is 3.30. The Morgan fingerprint density at radius 2 is 1.52 bits per heavy atom. The molecule has 5 nitrogen and oxygen atoms in total. The molecule has 1 saturated heterocycles. The van der Waals surface area contributed by atoms with E-state index in [2.05, 4.69) is 28.0 Å². The van der Waals surface area contributed by atoms with Crippen LogP contribution in [-0.2, 0) is 13.1 Å². The molecule has 0 aromatic heterocycles. The minimum Gasteiger partial charge on any atom is -0.497 e. The number of halogens is 2. The van der Waals surface area contributed by atoms with Gasteiger partial charge in [0.05, 0.1) is 14.2 Å². The summed E-state index contributed by atoms with van der Waals surface area (Å²) in [5.41, 5.74) is 9.16. The second kappa shape index (κ2) is 11.2. The van der Waals surface area contributed by atoms with E-state index in [1.165, 1.54) is 11.1 Å². The quantitative estimate of drug-likeness (QED) is 0.734. The lowest BCUT2D eigenvalue weighted by Crippen LogP contribution is -2.45. The molecule has 0 aliphatic carbocycles. The molecule has 0 amide bonds. The average molecular weight is 414 g/mol. The number of nitrogens with two attached hydrogens (primary N) is 1. The van der Waals surface area contributed by atoms with Crippen molar-refractivity contribution in [3.05, 3.63) is 53.6 Å². The first kappa shape index (κ1) is 23.4. The summed E-state index contributed by atoms with van der Waals surface area (Å²) < 4.78 is 10.8. The third-order valence-electron chi connectivity index (χ3n) is 4.70. The number of hydrogen-bond acceptors (Lipinski definition) is 5. The predicted molar refractivity (Wildman–Crippen MR) is 115 cm³/mol. The van der Waals surface area contributed by atoms with E-state index in [1.807, 2.05) is 24.3 Å². The molecular formula is C20H29Cl2N3O2. The molecule has 0 bridgehead atoms. The van der Waals surface area contributed by atoms with E-state index in [1.54, 1.807) is 14.2 Å². The first-order chi connectivity index (χ1) is 12.2. The number of methoxy groups -OCH3 is 2. The van der Waals surface area contributed by atoms with Crippen LogP contribution in [0.3, 0.4) is 0 Å². The molecule has 0 spiro atoms. The summed E-state index contributed by atoms with van der Waals surface area (Å²) in [7, 11) is 3.41. The van der Waals surface area contributed by atoms with Gasteiger partial charge in [-0.15, -0.1) is 24.8 Å². The molecule has 0 saturated carbocycles. The maximum absolute atomic E-state index is 5.87. The number of piperazine rings is 1. The van der Waals surface area contributed by atoms with Crippen LogP contribution in [0.1, 0.15) is 11.1 Å². The Morgan fingerprint density at radius 3 is 2.11 bits per heavy atom. The Labute approximate surface area is 174 Å². The van der Waals surface area contributed by atoms with E-state index in [-0.39, 0.29) is 24.8 Å². The van der Waals surface area contributed by atoms with Crippen LogP contribution in [0, 0.1) is 0 Å². The summed E-state index contributed by atoms with van der Waals surface area (Å²) in [5.74, 6) is 1.79. The number of rotatable bonds is 6. The number of hydrogen-bond donors (Lipinski definition) is 1. The van der Waals surface area contributed by atoms with Gasteiger partial charge in [0, 0.05) is 50.5 Å². The van der Waals surface area contributed by atoms with Crippen LogP contribution in [0.15, 0.2) is 42.5 Å². The molecule has 7 heteroatoms. The smallest absolute Gasteiger partial charge is 0.123 e. The molecule has 1 fully saturated rings. The molecule has 0 radical (unpaired) electrons. The lowest BCUT2D eigenvalue weighted by molar-refractivity contribution is 0.121. The summed E-state index contributed by atoms with van der Waals surface area (Å²) >= 11 is 0. The summed E-state index contributed by atoms with van der Waals surface area (Å²) in [6.07, 6.45) is 0. The summed E-state index contributed by atoms with van der Waals surface area (Å²) in [4.78, 5) is 4.95. The van der Waals surface area contributed by atoms with Gasteiger partial charge in [-0.05, 0) is 35.9 Å². The van der Waals surface area contributed by atoms with Crippen molar-refractivity contribution in [2.75, 3.05) is 46.1 Å². The van der Waals surface area contributed by atoms with Gasteiger partial charge in [0.25, 0.3) is 0 Å². The van der Waals surface area contributed by atoms with Gasteiger partial charge in [0.2, 0.25) is 0 Å². The zero-order valence-electron chi connectivity index (χ0n) is 15.9. The standard InChI is InChI=1S/C20H27N3O2.2ClH/c1-24-19-6-7-20(25-2)17(13-19)15-23-10-8-22(9-11-23)14-16-4-3-5-18(21)12-16;;/h3-7,12-13H,8-11,14-15,21H2,1-2H3;2*1H. The number of benzene rings is 2. The maximum atomic E-state index is 5.87. The van der Waals surface area contributed by atoms with Gasteiger partial charge < -0.3 is 15.2 Å². The molecule has 2 aromatic carbocycles. The molecule has 1 heterocycles. The van der Waals surface area contributed by atoms with Gasteiger partial charge in [0.15, 0.2) is 0 Å². The Hall–Kier alpha value is -1.66. The third kappa shape index (κ3) is 6.47. The minimum atomic E-state index is 0. The van der Waals surface area contributed by atoms with Crippen LogP contribution in [0.4, 0.5) is 5.69 Å². The zero-order chi connectivity index (χ0) is 17.6. The van der Waals surface area contributed by atoms with Crippen molar-refractivity contribution in [3.8, 4) is 11.5 Å². The molecule has 1 aliphatic rings. The number of nitrogen functional groups attached to an aromatic ring is 1. The fraction of sp³-hybridized carbons (Fsp3) is 0.400. The first-order valence-electron chi connectivity index (χ1n) is 8.68. The van der Waals surface area contributed by atoms with Crippen molar-refractivity contribution < 1.29 is 9.47 Å². The molecule has 3 rings (SSSR count). The molecule has 27 heavy (non-hydrogen) atoms. The van der Waals surface area contributed by atoms with Gasteiger partial charge in [-0.2, -0.15) is 0 Å². The molecule has 150 valence electrons. The highest BCUT2D eigenvalue weighted by Crippen LogP contribution is 2.25. The van der Waals surface area contributed by atoms with E-state index in [9.17, 15) is 0 Å².